The number of benzene rings is 1. The number of aromatic nitrogens is 2. The average Bonchev–Trinajstić information content (AvgIpc) is 3.25. The molecule has 6 nitrogen and oxygen atoms in total. The van der Waals surface area contributed by atoms with Crippen molar-refractivity contribution >= 4 is 5.91 Å². The number of ether oxygens (including phenoxy) is 1. The molecule has 3 rings (SSSR count). The van der Waals surface area contributed by atoms with Crippen LogP contribution < -0.4 is 4.74 Å². The molecule has 0 aliphatic carbocycles. The molecule has 1 saturated heterocycles. The zero-order valence-electron chi connectivity index (χ0n) is 13.3. The zero-order chi connectivity index (χ0) is 16.1. The van der Waals surface area contributed by atoms with Gasteiger partial charge < -0.3 is 14.2 Å². The summed E-state index contributed by atoms with van der Waals surface area (Å²) in [6.45, 7) is 4.33. The largest absolute Gasteiger partial charge is 0.494 e. The van der Waals surface area contributed by atoms with E-state index in [1.54, 1.807) is 0 Å². The lowest BCUT2D eigenvalue weighted by molar-refractivity contribution is -0.130. The molecule has 122 valence electrons. The van der Waals surface area contributed by atoms with Crippen LogP contribution in [0.1, 0.15) is 32.1 Å². The van der Waals surface area contributed by atoms with Crippen LogP contribution in [0.3, 0.4) is 0 Å². The molecule has 2 heterocycles. The van der Waals surface area contributed by atoms with Crippen molar-refractivity contribution in [2.45, 2.75) is 32.6 Å². The van der Waals surface area contributed by atoms with Gasteiger partial charge in [0.25, 0.3) is 0 Å². The number of amides is 1. The van der Waals surface area contributed by atoms with Gasteiger partial charge in [0.2, 0.25) is 17.6 Å². The van der Waals surface area contributed by atoms with Gasteiger partial charge in [0.05, 0.1) is 6.61 Å². The topological polar surface area (TPSA) is 68.5 Å². The molecule has 0 atom stereocenters. The number of aryl methyl sites for hydroxylation is 1. The number of nitrogens with zero attached hydrogens (tertiary/aromatic N) is 3. The Morgan fingerprint density at radius 1 is 1.26 bits per heavy atom. The Balaban J connectivity index is 1.58. The van der Waals surface area contributed by atoms with E-state index in [1.165, 1.54) is 0 Å². The van der Waals surface area contributed by atoms with Crippen LogP contribution in [-0.4, -0.2) is 40.6 Å². The first kappa shape index (κ1) is 15.5. The first-order chi connectivity index (χ1) is 11.3. The van der Waals surface area contributed by atoms with Gasteiger partial charge in [-0.1, -0.05) is 5.16 Å². The molecule has 1 aliphatic heterocycles. The van der Waals surface area contributed by atoms with Crippen LogP contribution in [0.2, 0.25) is 0 Å². The molecule has 1 aromatic carbocycles. The number of carbonyl (C=O) groups is 1. The Hall–Kier alpha value is -2.37. The van der Waals surface area contributed by atoms with Crippen molar-refractivity contribution in [1.29, 1.82) is 0 Å². The fraction of sp³-hybridized carbons (Fsp3) is 0.471. The van der Waals surface area contributed by atoms with Gasteiger partial charge in [0.15, 0.2) is 0 Å². The minimum absolute atomic E-state index is 0.170. The number of hydrogen-bond acceptors (Lipinski definition) is 5. The lowest BCUT2D eigenvalue weighted by Gasteiger charge is -2.13. The van der Waals surface area contributed by atoms with E-state index in [0.717, 1.165) is 37.2 Å². The summed E-state index contributed by atoms with van der Waals surface area (Å²) in [5.41, 5.74) is 0.870. The van der Waals surface area contributed by atoms with Gasteiger partial charge in [0, 0.05) is 31.5 Å². The third kappa shape index (κ3) is 3.88. The predicted molar refractivity (Wildman–Crippen MR) is 85.0 cm³/mol. The van der Waals surface area contributed by atoms with Crippen molar-refractivity contribution < 1.29 is 14.1 Å². The first-order valence-electron chi connectivity index (χ1n) is 8.10. The maximum atomic E-state index is 12.0. The van der Waals surface area contributed by atoms with E-state index >= 15 is 0 Å². The van der Waals surface area contributed by atoms with E-state index in [0.29, 0.717) is 31.2 Å². The molecule has 0 N–H and O–H groups in total. The number of carbonyl (C=O) groups excluding carboxylic acids is 1. The summed E-state index contributed by atoms with van der Waals surface area (Å²) in [6.07, 6.45) is 3.12. The molecule has 0 bridgehead atoms. The SMILES string of the molecule is CCOc1ccc(-c2noc(CCC(=O)N3CCCC3)n2)cc1. The monoisotopic (exact) mass is 315 g/mol. The maximum Gasteiger partial charge on any atom is 0.227 e. The Morgan fingerprint density at radius 2 is 2.00 bits per heavy atom. The molecule has 2 aromatic rings. The van der Waals surface area contributed by atoms with E-state index in [4.69, 9.17) is 9.26 Å². The zero-order valence-corrected chi connectivity index (χ0v) is 13.3. The molecule has 23 heavy (non-hydrogen) atoms. The van der Waals surface area contributed by atoms with Crippen molar-refractivity contribution in [3.8, 4) is 17.1 Å². The molecule has 0 saturated carbocycles. The van der Waals surface area contributed by atoms with Crippen molar-refractivity contribution in [2.24, 2.45) is 0 Å². The minimum atomic E-state index is 0.170. The van der Waals surface area contributed by atoms with Crippen molar-refractivity contribution in [3.05, 3.63) is 30.2 Å². The molecule has 1 aliphatic rings. The van der Waals surface area contributed by atoms with E-state index in [1.807, 2.05) is 36.1 Å². The summed E-state index contributed by atoms with van der Waals surface area (Å²) < 4.78 is 10.7. The Kier molecular flexibility index (Phi) is 4.90. The van der Waals surface area contributed by atoms with Crippen molar-refractivity contribution in [3.63, 3.8) is 0 Å². The van der Waals surface area contributed by atoms with Gasteiger partial charge in [-0.15, -0.1) is 0 Å². The van der Waals surface area contributed by atoms with E-state index < -0.39 is 0 Å². The van der Waals surface area contributed by atoms with Gasteiger partial charge in [-0.3, -0.25) is 4.79 Å². The normalized spacial score (nSPS) is 14.2. The Bertz CT molecular complexity index is 645. The molecule has 1 fully saturated rings. The molecule has 6 heteroatoms. The number of rotatable bonds is 6. The third-order valence-electron chi connectivity index (χ3n) is 3.90. The van der Waals surface area contributed by atoms with Gasteiger partial charge >= 0.3 is 0 Å². The summed E-state index contributed by atoms with van der Waals surface area (Å²) in [5, 5.41) is 3.99. The molecule has 0 radical (unpaired) electrons. The van der Waals surface area contributed by atoms with Gasteiger partial charge in [-0.25, -0.2) is 0 Å². The third-order valence-corrected chi connectivity index (χ3v) is 3.90. The van der Waals surface area contributed by atoms with E-state index in [9.17, 15) is 4.79 Å². The summed E-state index contributed by atoms with van der Waals surface area (Å²) >= 11 is 0. The highest BCUT2D eigenvalue weighted by Crippen LogP contribution is 2.20. The summed E-state index contributed by atoms with van der Waals surface area (Å²) in [4.78, 5) is 18.3. The van der Waals surface area contributed by atoms with Gasteiger partial charge in [-0.05, 0) is 44.0 Å². The van der Waals surface area contributed by atoms with Crippen molar-refractivity contribution in [2.75, 3.05) is 19.7 Å². The van der Waals surface area contributed by atoms with Crippen LogP contribution in [0.5, 0.6) is 5.75 Å². The molecule has 0 unspecified atom stereocenters. The molecular weight excluding hydrogens is 294 g/mol. The standard InChI is InChI=1S/C17H21N3O3/c1-2-22-14-7-5-13(6-8-14)17-18-15(23-19-17)9-10-16(21)20-11-3-4-12-20/h5-8H,2-4,9-12H2,1H3. The highest BCUT2D eigenvalue weighted by Gasteiger charge is 2.18. The van der Waals surface area contributed by atoms with Crippen LogP contribution in [0.4, 0.5) is 0 Å². The van der Waals surface area contributed by atoms with E-state index in [2.05, 4.69) is 10.1 Å². The van der Waals surface area contributed by atoms with Crippen molar-refractivity contribution in [1.82, 2.24) is 15.0 Å². The lowest BCUT2D eigenvalue weighted by Crippen LogP contribution is -2.27. The fourth-order valence-corrected chi connectivity index (χ4v) is 2.68. The second-order valence-corrected chi connectivity index (χ2v) is 5.56. The Labute approximate surface area is 135 Å². The molecule has 1 aromatic heterocycles. The summed E-state index contributed by atoms with van der Waals surface area (Å²) in [6, 6.07) is 7.56. The van der Waals surface area contributed by atoms with Crippen LogP contribution in [0, 0.1) is 0 Å². The summed E-state index contributed by atoms with van der Waals surface area (Å²) in [5.74, 6) is 2.03. The second-order valence-electron chi connectivity index (χ2n) is 5.56. The average molecular weight is 315 g/mol. The highest BCUT2D eigenvalue weighted by molar-refractivity contribution is 5.76. The van der Waals surface area contributed by atoms with Gasteiger partial charge in [0.1, 0.15) is 5.75 Å². The number of likely N-dealkylation sites (tertiary alicyclic amines) is 1. The van der Waals surface area contributed by atoms with Crippen LogP contribution in [-0.2, 0) is 11.2 Å². The van der Waals surface area contributed by atoms with Crippen LogP contribution in [0.25, 0.3) is 11.4 Å². The summed E-state index contributed by atoms with van der Waals surface area (Å²) in [7, 11) is 0. The quantitative estimate of drug-likeness (QED) is 0.820. The maximum absolute atomic E-state index is 12.0. The Morgan fingerprint density at radius 3 is 2.70 bits per heavy atom. The number of hydrogen-bond donors (Lipinski definition) is 0. The lowest BCUT2D eigenvalue weighted by atomic mass is 10.2. The second kappa shape index (κ2) is 7.26. The molecule has 0 spiro atoms. The minimum Gasteiger partial charge on any atom is -0.494 e. The first-order valence-corrected chi connectivity index (χ1v) is 8.10. The van der Waals surface area contributed by atoms with Gasteiger partial charge in [-0.2, -0.15) is 4.98 Å². The molecular formula is C17H21N3O3. The smallest absolute Gasteiger partial charge is 0.227 e. The van der Waals surface area contributed by atoms with E-state index in [-0.39, 0.29) is 5.91 Å². The van der Waals surface area contributed by atoms with Crippen LogP contribution in [0.15, 0.2) is 28.8 Å². The van der Waals surface area contributed by atoms with Crippen LogP contribution >= 0.6 is 0 Å². The fourth-order valence-electron chi connectivity index (χ4n) is 2.68. The molecule has 1 amide bonds. The highest BCUT2D eigenvalue weighted by atomic mass is 16.5. The predicted octanol–water partition coefficient (Wildman–Crippen LogP) is 2.69.